The maximum atomic E-state index is 5.84. The molecule has 1 rings (SSSR count). The molecule has 2 N–H and O–H groups in total. The molecule has 1 aromatic carbocycles. The third-order valence-corrected chi connectivity index (χ3v) is 3.84. The largest absolute Gasteiger partial charge is 0.491 e. The topological polar surface area (TPSA) is 64.1 Å². The number of nitrogens with zero attached hydrogens (tertiary/aromatic N) is 1. The van der Waals surface area contributed by atoms with Crippen molar-refractivity contribution in [2.75, 3.05) is 47.1 Å². The average molecular weight is 366 g/mol. The number of benzene rings is 1. The van der Waals surface area contributed by atoms with Gasteiger partial charge < -0.3 is 24.8 Å². The van der Waals surface area contributed by atoms with Crippen molar-refractivity contribution in [3.63, 3.8) is 0 Å². The van der Waals surface area contributed by atoms with Crippen molar-refractivity contribution in [1.29, 1.82) is 0 Å². The van der Waals surface area contributed by atoms with Crippen LogP contribution in [-0.4, -0.2) is 53.1 Å². The molecular weight excluding hydrogens is 330 g/mol. The number of guanidine groups is 1. The zero-order chi connectivity index (χ0) is 19.0. The van der Waals surface area contributed by atoms with Gasteiger partial charge in [0, 0.05) is 39.5 Å². The van der Waals surface area contributed by atoms with Gasteiger partial charge in [-0.3, -0.25) is 0 Å². The first-order valence-electron chi connectivity index (χ1n) is 9.43. The molecule has 6 heteroatoms. The van der Waals surface area contributed by atoms with Gasteiger partial charge >= 0.3 is 0 Å². The van der Waals surface area contributed by atoms with Gasteiger partial charge in [-0.1, -0.05) is 12.1 Å². The van der Waals surface area contributed by atoms with E-state index < -0.39 is 0 Å². The molecular formula is C20H35N3O3. The summed E-state index contributed by atoms with van der Waals surface area (Å²) in [6, 6.07) is 6.22. The molecule has 0 radical (unpaired) electrons. The van der Waals surface area contributed by atoms with Crippen LogP contribution in [0.5, 0.6) is 5.75 Å². The summed E-state index contributed by atoms with van der Waals surface area (Å²) in [5, 5.41) is 6.68. The van der Waals surface area contributed by atoms with Gasteiger partial charge in [0.05, 0.1) is 13.2 Å². The van der Waals surface area contributed by atoms with E-state index in [0.29, 0.717) is 19.8 Å². The molecule has 0 amide bonds. The predicted molar refractivity (Wildman–Crippen MR) is 107 cm³/mol. The smallest absolute Gasteiger partial charge is 0.191 e. The second-order valence-corrected chi connectivity index (χ2v) is 6.13. The molecule has 0 bridgehead atoms. The molecule has 0 atom stereocenters. The number of aryl methyl sites for hydroxylation is 1. The highest BCUT2D eigenvalue weighted by Crippen LogP contribution is 2.21. The monoisotopic (exact) mass is 365 g/mol. The van der Waals surface area contributed by atoms with Crippen LogP contribution in [0, 0.1) is 6.92 Å². The van der Waals surface area contributed by atoms with Crippen LogP contribution in [0.2, 0.25) is 0 Å². The molecule has 0 unspecified atom stereocenters. The SMILES string of the molecule is CCNC(=NCc1ccc(C)cc1OCCOC)NCCCCCOC. The van der Waals surface area contributed by atoms with Crippen LogP contribution in [0.1, 0.15) is 37.3 Å². The van der Waals surface area contributed by atoms with Crippen LogP contribution < -0.4 is 15.4 Å². The predicted octanol–water partition coefficient (Wildman–Crippen LogP) is 2.89. The summed E-state index contributed by atoms with van der Waals surface area (Å²) in [6.07, 6.45) is 3.34. The quantitative estimate of drug-likeness (QED) is 0.320. The minimum Gasteiger partial charge on any atom is -0.491 e. The molecule has 0 fully saturated rings. The zero-order valence-corrected chi connectivity index (χ0v) is 16.8. The van der Waals surface area contributed by atoms with Crippen LogP contribution in [0.25, 0.3) is 0 Å². The first-order valence-corrected chi connectivity index (χ1v) is 9.43. The first-order chi connectivity index (χ1) is 12.7. The van der Waals surface area contributed by atoms with E-state index in [1.165, 1.54) is 5.56 Å². The van der Waals surface area contributed by atoms with Crippen molar-refractivity contribution in [2.45, 2.75) is 39.7 Å². The number of methoxy groups -OCH3 is 2. The number of hydrogen-bond donors (Lipinski definition) is 2. The lowest BCUT2D eigenvalue weighted by Crippen LogP contribution is -2.37. The lowest BCUT2D eigenvalue weighted by Gasteiger charge is -2.13. The first kappa shape index (κ1) is 22.3. The maximum absolute atomic E-state index is 5.84. The summed E-state index contributed by atoms with van der Waals surface area (Å²) in [6.45, 7) is 8.38. The Balaban J connectivity index is 2.58. The van der Waals surface area contributed by atoms with Gasteiger partial charge in [-0.15, -0.1) is 0 Å². The van der Waals surface area contributed by atoms with E-state index >= 15 is 0 Å². The standard InChI is InChI=1S/C20H35N3O3/c1-5-21-20(22-11-7-6-8-12-24-3)23-16-18-10-9-17(2)15-19(18)26-14-13-25-4/h9-10,15H,5-8,11-14,16H2,1-4H3,(H2,21,22,23). The van der Waals surface area contributed by atoms with E-state index in [4.69, 9.17) is 19.2 Å². The summed E-state index contributed by atoms with van der Waals surface area (Å²) in [4.78, 5) is 4.69. The lowest BCUT2D eigenvalue weighted by molar-refractivity contribution is 0.145. The lowest BCUT2D eigenvalue weighted by atomic mass is 10.1. The summed E-state index contributed by atoms with van der Waals surface area (Å²) in [5.41, 5.74) is 2.25. The molecule has 0 aliphatic carbocycles. The van der Waals surface area contributed by atoms with Crippen LogP contribution in [-0.2, 0) is 16.0 Å². The number of ether oxygens (including phenoxy) is 3. The van der Waals surface area contributed by atoms with Gasteiger partial charge in [-0.05, 0) is 44.7 Å². The van der Waals surface area contributed by atoms with E-state index in [9.17, 15) is 0 Å². The van der Waals surface area contributed by atoms with Crippen molar-refractivity contribution in [1.82, 2.24) is 10.6 Å². The number of rotatable bonds is 13. The Kier molecular flexibility index (Phi) is 12.3. The second-order valence-electron chi connectivity index (χ2n) is 6.13. The second kappa shape index (κ2) is 14.4. The number of nitrogens with one attached hydrogen (secondary N) is 2. The highest BCUT2D eigenvalue weighted by molar-refractivity contribution is 5.79. The molecule has 26 heavy (non-hydrogen) atoms. The third kappa shape index (κ3) is 9.63. The Morgan fingerprint density at radius 2 is 1.81 bits per heavy atom. The van der Waals surface area contributed by atoms with Gasteiger partial charge in [-0.2, -0.15) is 0 Å². The molecule has 0 saturated heterocycles. The molecule has 0 spiro atoms. The molecule has 6 nitrogen and oxygen atoms in total. The van der Waals surface area contributed by atoms with Gasteiger partial charge in [-0.25, -0.2) is 4.99 Å². The van der Waals surface area contributed by atoms with E-state index in [0.717, 1.165) is 56.2 Å². The van der Waals surface area contributed by atoms with Crippen LogP contribution >= 0.6 is 0 Å². The average Bonchev–Trinajstić information content (AvgIpc) is 2.63. The molecule has 148 valence electrons. The molecule has 0 aromatic heterocycles. The van der Waals surface area contributed by atoms with Crippen molar-refractivity contribution < 1.29 is 14.2 Å². The van der Waals surface area contributed by atoms with Gasteiger partial charge in [0.15, 0.2) is 5.96 Å². The molecule has 0 aliphatic rings. The van der Waals surface area contributed by atoms with E-state index in [1.807, 2.05) is 0 Å². The van der Waals surface area contributed by atoms with Gasteiger partial charge in [0.2, 0.25) is 0 Å². The highest BCUT2D eigenvalue weighted by Gasteiger charge is 2.05. The molecule has 1 aromatic rings. The molecule has 0 heterocycles. The summed E-state index contributed by atoms with van der Waals surface area (Å²) >= 11 is 0. The highest BCUT2D eigenvalue weighted by atomic mass is 16.5. The van der Waals surface area contributed by atoms with Crippen molar-refractivity contribution in [3.05, 3.63) is 29.3 Å². The van der Waals surface area contributed by atoms with E-state index in [2.05, 4.69) is 42.7 Å². The molecule has 0 saturated carbocycles. The van der Waals surface area contributed by atoms with Crippen molar-refractivity contribution in [2.24, 2.45) is 4.99 Å². The summed E-state index contributed by atoms with van der Waals surface area (Å²) < 4.78 is 16.0. The Labute approximate surface area is 158 Å². The normalized spacial score (nSPS) is 11.5. The van der Waals surface area contributed by atoms with Crippen LogP contribution in [0.4, 0.5) is 0 Å². The number of aliphatic imine (C=N–C) groups is 1. The Morgan fingerprint density at radius 3 is 2.54 bits per heavy atom. The minimum absolute atomic E-state index is 0.538. The fourth-order valence-electron chi connectivity index (χ4n) is 2.42. The third-order valence-electron chi connectivity index (χ3n) is 3.84. The summed E-state index contributed by atoms with van der Waals surface area (Å²) in [7, 11) is 3.42. The fraction of sp³-hybridized carbons (Fsp3) is 0.650. The van der Waals surface area contributed by atoms with E-state index in [1.54, 1.807) is 14.2 Å². The Bertz CT molecular complexity index is 521. The maximum Gasteiger partial charge on any atom is 0.191 e. The summed E-state index contributed by atoms with van der Waals surface area (Å²) in [5.74, 6) is 1.71. The van der Waals surface area contributed by atoms with Crippen LogP contribution in [0.3, 0.4) is 0 Å². The molecule has 0 aliphatic heterocycles. The Morgan fingerprint density at radius 1 is 1.00 bits per heavy atom. The number of unbranched alkanes of at least 4 members (excludes halogenated alkanes) is 2. The van der Waals surface area contributed by atoms with Crippen molar-refractivity contribution >= 4 is 5.96 Å². The Hall–Kier alpha value is -1.79. The van der Waals surface area contributed by atoms with Gasteiger partial charge in [0.25, 0.3) is 0 Å². The fourth-order valence-corrected chi connectivity index (χ4v) is 2.42. The van der Waals surface area contributed by atoms with Crippen molar-refractivity contribution in [3.8, 4) is 5.75 Å². The van der Waals surface area contributed by atoms with Gasteiger partial charge in [0.1, 0.15) is 12.4 Å². The van der Waals surface area contributed by atoms with Crippen LogP contribution in [0.15, 0.2) is 23.2 Å². The zero-order valence-electron chi connectivity index (χ0n) is 16.8. The van der Waals surface area contributed by atoms with E-state index in [-0.39, 0.29) is 0 Å². The number of hydrogen-bond acceptors (Lipinski definition) is 4. The minimum atomic E-state index is 0.538.